The molecule has 1 heterocycles. The number of amides is 1. The van der Waals surface area contributed by atoms with Crippen molar-refractivity contribution in [3.8, 4) is 5.75 Å². The minimum Gasteiger partial charge on any atom is -0.497 e. The third-order valence-electron chi connectivity index (χ3n) is 6.22. The Morgan fingerprint density at radius 1 is 1.12 bits per heavy atom. The van der Waals surface area contributed by atoms with Gasteiger partial charge in [-0.1, -0.05) is 31.9 Å². The maximum absolute atomic E-state index is 12.4. The van der Waals surface area contributed by atoms with Gasteiger partial charge in [0.2, 0.25) is 5.91 Å². The Labute approximate surface area is 158 Å². The third kappa shape index (κ3) is 5.47. The van der Waals surface area contributed by atoms with Crippen molar-refractivity contribution in [2.24, 2.45) is 11.8 Å². The minimum absolute atomic E-state index is 0.220. The molecule has 4 heteroatoms. The second kappa shape index (κ2) is 9.40. The number of hydrogen-bond acceptors (Lipinski definition) is 3. The Morgan fingerprint density at radius 3 is 2.46 bits per heavy atom. The fraction of sp³-hybridized carbons (Fsp3) is 0.682. The van der Waals surface area contributed by atoms with E-state index in [0.717, 1.165) is 37.6 Å². The zero-order chi connectivity index (χ0) is 18.4. The van der Waals surface area contributed by atoms with Gasteiger partial charge in [0.25, 0.3) is 0 Å². The molecule has 2 atom stereocenters. The standard InChI is InChI=1S/C22H34N2O2/c1-17-5-3-4-6-21(17)23-22(25)16-24-13-11-19(12-14-24)15-18-7-9-20(26-2)10-8-18/h7-10,17,19,21H,3-6,11-16H2,1-2H3,(H,23,25). The van der Waals surface area contributed by atoms with Gasteiger partial charge in [0.05, 0.1) is 13.7 Å². The number of piperidine rings is 1. The van der Waals surface area contributed by atoms with E-state index >= 15 is 0 Å². The first-order chi connectivity index (χ1) is 12.6. The van der Waals surface area contributed by atoms with Crippen LogP contribution in [0.15, 0.2) is 24.3 Å². The van der Waals surface area contributed by atoms with Crippen molar-refractivity contribution >= 4 is 5.91 Å². The zero-order valence-corrected chi connectivity index (χ0v) is 16.4. The molecule has 4 nitrogen and oxygen atoms in total. The predicted molar refractivity (Wildman–Crippen MR) is 105 cm³/mol. The van der Waals surface area contributed by atoms with E-state index < -0.39 is 0 Å². The largest absolute Gasteiger partial charge is 0.497 e. The van der Waals surface area contributed by atoms with E-state index in [1.807, 2.05) is 12.1 Å². The summed E-state index contributed by atoms with van der Waals surface area (Å²) in [7, 11) is 1.70. The molecule has 26 heavy (non-hydrogen) atoms. The summed E-state index contributed by atoms with van der Waals surface area (Å²) in [6.07, 6.45) is 8.46. The van der Waals surface area contributed by atoms with Crippen LogP contribution in [0.4, 0.5) is 0 Å². The highest BCUT2D eigenvalue weighted by atomic mass is 16.5. The number of likely N-dealkylation sites (tertiary alicyclic amines) is 1. The molecule has 1 saturated carbocycles. The Bertz CT molecular complexity index is 564. The average Bonchev–Trinajstić information content (AvgIpc) is 2.66. The molecule has 3 rings (SSSR count). The van der Waals surface area contributed by atoms with E-state index in [0.29, 0.717) is 18.5 Å². The van der Waals surface area contributed by atoms with Gasteiger partial charge in [-0.15, -0.1) is 0 Å². The van der Waals surface area contributed by atoms with Gasteiger partial charge in [0, 0.05) is 6.04 Å². The van der Waals surface area contributed by atoms with Crippen molar-refractivity contribution in [3.63, 3.8) is 0 Å². The van der Waals surface area contributed by atoms with Gasteiger partial charge < -0.3 is 10.1 Å². The quantitative estimate of drug-likeness (QED) is 0.844. The number of ether oxygens (including phenoxy) is 1. The lowest BCUT2D eigenvalue weighted by molar-refractivity contribution is -0.123. The molecule has 0 aromatic heterocycles. The molecule has 1 saturated heterocycles. The summed E-state index contributed by atoms with van der Waals surface area (Å²) in [5, 5.41) is 3.29. The van der Waals surface area contributed by atoms with Gasteiger partial charge in [-0.2, -0.15) is 0 Å². The van der Waals surface area contributed by atoms with Crippen LogP contribution in [0.3, 0.4) is 0 Å². The van der Waals surface area contributed by atoms with Crippen LogP contribution in [0.25, 0.3) is 0 Å². The third-order valence-corrected chi connectivity index (χ3v) is 6.22. The normalized spacial score (nSPS) is 25.0. The molecule has 1 aromatic rings. The van der Waals surface area contributed by atoms with Crippen LogP contribution < -0.4 is 10.1 Å². The van der Waals surface area contributed by atoms with Gasteiger partial charge in [-0.3, -0.25) is 9.69 Å². The van der Waals surface area contributed by atoms with Gasteiger partial charge in [-0.25, -0.2) is 0 Å². The molecule has 2 fully saturated rings. The lowest BCUT2D eigenvalue weighted by Gasteiger charge is -2.33. The summed E-state index contributed by atoms with van der Waals surface area (Å²) in [5.74, 6) is 2.49. The van der Waals surface area contributed by atoms with Crippen molar-refractivity contribution in [3.05, 3.63) is 29.8 Å². The number of hydrogen-bond donors (Lipinski definition) is 1. The second-order valence-electron chi connectivity index (χ2n) is 8.21. The molecule has 0 spiro atoms. The molecule has 0 bridgehead atoms. The van der Waals surface area contributed by atoms with E-state index in [4.69, 9.17) is 4.74 Å². The summed E-state index contributed by atoms with van der Waals surface area (Å²) in [5.41, 5.74) is 1.38. The highest BCUT2D eigenvalue weighted by Gasteiger charge is 2.25. The van der Waals surface area contributed by atoms with Crippen molar-refractivity contribution in [2.45, 2.75) is 57.9 Å². The molecule has 2 unspecified atom stereocenters. The number of benzene rings is 1. The highest BCUT2D eigenvalue weighted by molar-refractivity contribution is 5.78. The van der Waals surface area contributed by atoms with E-state index in [-0.39, 0.29) is 5.91 Å². The number of rotatable bonds is 6. The molecule has 1 N–H and O–H groups in total. The molecular formula is C22H34N2O2. The molecular weight excluding hydrogens is 324 g/mol. The van der Waals surface area contributed by atoms with Crippen LogP contribution in [-0.4, -0.2) is 43.6 Å². The summed E-state index contributed by atoms with van der Waals surface area (Å²) >= 11 is 0. The van der Waals surface area contributed by atoms with Crippen LogP contribution in [0.2, 0.25) is 0 Å². The smallest absolute Gasteiger partial charge is 0.234 e. The SMILES string of the molecule is COc1ccc(CC2CCN(CC(=O)NC3CCCCC3C)CC2)cc1. The van der Waals surface area contributed by atoms with Crippen molar-refractivity contribution < 1.29 is 9.53 Å². The summed E-state index contributed by atoms with van der Waals surface area (Å²) in [4.78, 5) is 14.7. The average molecular weight is 359 g/mol. The molecule has 1 aliphatic heterocycles. The molecule has 1 aliphatic carbocycles. The van der Waals surface area contributed by atoms with Crippen molar-refractivity contribution in [2.75, 3.05) is 26.7 Å². The number of nitrogens with one attached hydrogen (secondary N) is 1. The first-order valence-corrected chi connectivity index (χ1v) is 10.3. The monoisotopic (exact) mass is 358 g/mol. The Balaban J connectivity index is 1.38. The van der Waals surface area contributed by atoms with Crippen LogP contribution in [0.5, 0.6) is 5.75 Å². The van der Waals surface area contributed by atoms with Crippen molar-refractivity contribution in [1.29, 1.82) is 0 Å². The van der Waals surface area contributed by atoms with Crippen LogP contribution in [0.1, 0.15) is 51.0 Å². The highest BCUT2D eigenvalue weighted by Crippen LogP contribution is 2.25. The van der Waals surface area contributed by atoms with E-state index in [2.05, 4.69) is 29.3 Å². The maximum atomic E-state index is 12.4. The molecule has 0 radical (unpaired) electrons. The number of carbonyl (C=O) groups excluding carboxylic acids is 1. The Kier molecular flexibility index (Phi) is 6.95. The van der Waals surface area contributed by atoms with E-state index in [1.165, 1.54) is 37.7 Å². The summed E-state index contributed by atoms with van der Waals surface area (Å²) < 4.78 is 5.23. The van der Waals surface area contributed by atoms with Gasteiger partial charge in [0.1, 0.15) is 5.75 Å². The maximum Gasteiger partial charge on any atom is 0.234 e. The Morgan fingerprint density at radius 2 is 1.81 bits per heavy atom. The number of carbonyl (C=O) groups is 1. The van der Waals surface area contributed by atoms with Gasteiger partial charge in [0.15, 0.2) is 0 Å². The topological polar surface area (TPSA) is 41.6 Å². The number of nitrogens with zero attached hydrogens (tertiary/aromatic N) is 1. The summed E-state index contributed by atoms with van der Waals surface area (Å²) in [6.45, 7) is 4.91. The molecule has 2 aliphatic rings. The first-order valence-electron chi connectivity index (χ1n) is 10.3. The molecule has 1 amide bonds. The van der Waals surface area contributed by atoms with Crippen LogP contribution in [-0.2, 0) is 11.2 Å². The lowest BCUT2D eigenvalue weighted by Crippen LogP contribution is -2.47. The molecule has 144 valence electrons. The fourth-order valence-electron chi connectivity index (χ4n) is 4.43. The fourth-order valence-corrected chi connectivity index (χ4v) is 4.43. The zero-order valence-electron chi connectivity index (χ0n) is 16.4. The summed E-state index contributed by atoms with van der Waals surface area (Å²) in [6, 6.07) is 8.82. The van der Waals surface area contributed by atoms with Crippen molar-refractivity contribution in [1.82, 2.24) is 10.2 Å². The van der Waals surface area contributed by atoms with E-state index in [9.17, 15) is 4.79 Å². The lowest BCUT2D eigenvalue weighted by atomic mass is 9.86. The first kappa shape index (κ1) is 19.2. The molecule has 1 aromatic carbocycles. The van der Waals surface area contributed by atoms with Crippen LogP contribution in [0, 0.1) is 11.8 Å². The van der Waals surface area contributed by atoms with E-state index in [1.54, 1.807) is 7.11 Å². The predicted octanol–water partition coefficient (Wildman–Crippen LogP) is 3.64. The second-order valence-corrected chi connectivity index (χ2v) is 8.21. The minimum atomic E-state index is 0.220. The van der Waals surface area contributed by atoms with Crippen LogP contribution >= 0.6 is 0 Å². The van der Waals surface area contributed by atoms with Gasteiger partial charge in [-0.05, 0) is 74.7 Å². The van der Waals surface area contributed by atoms with Gasteiger partial charge >= 0.3 is 0 Å². The Hall–Kier alpha value is -1.55. The number of methoxy groups -OCH3 is 1.